The second-order valence-electron chi connectivity index (χ2n) is 3.19. The number of nitriles is 1. The van der Waals surface area contributed by atoms with Crippen LogP contribution in [0.25, 0.3) is 17.2 Å². The predicted octanol–water partition coefficient (Wildman–Crippen LogP) is 2.66. The van der Waals surface area contributed by atoms with Crippen LogP contribution in [0.2, 0.25) is 0 Å². The number of hydrogen-bond acceptors (Lipinski definition) is 3. The average Bonchev–Trinajstić information content (AvgIpc) is 2.39. The molecule has 76 valence electrons. The number of rotatable bonds is 2. The third kappa shape index (κ3) is 1.82. The predicted molar refractivity (Wildman–Crippen MR) is 62.3 cm³/mol. The van der Waals surface area contributed by atoms with E-state index >= 15 is 0 Å². The number of hydrogen-bond donors (Lipinski definition) is 0. The van der Waals surface area contributed by atoms with Crippen molar-refractivity contribution in [2.24, 2.45) is 0 Å². The molecular formula is C13H9N3. The minimum absolute atomic E-state index is 0.413. The Bertz CT molecular complexity index is 550. The SMILES string of the molecule is C=Cc1ccc(-c2cccnc2C#N)cn1. The lowest BCUT2D eigenvalue weighted by molar-refractivity contribution is 1.25. The quantitative estimate of drug-likeness (QED) is 0.760. The summed E-state index contributed by atoms with van der Waals surface area (Å²) < 4.78 is 0. The summed E-state index contributed by atoms with van der Waals surface area (Å²) >= 11 is 0. The topological polar surface area (TPSA) is 49.6 Å². The second-order valence-corrected chi connectivity index (χ2v) is 3.19. The van der Waals surface area contributed by atoms with Gasteiger partial charge in [0.05, 0.1) is 5.69 Å². The molecule has 0 unspecified atom stereocenters. The van der Waals surface area contributed by atoms with Gasteiger partial charge in [0.1, 0.15) is 11.8 Å². The Morgan fingerprint density at radius 1 is 1.25 bits per heavy atom. The highest BCUT2D eigenvalue weighted by atomic mass is 14.7. The molecule has 16 heavy (non-hydrogen) atoms. The summed E-state index contributed by atoms with van der Waals surface area (Å²) in [5, 5.41) is 8.93. The zero-order valence-electron chi connectivity index (χ0n) is 8.59. The van der Waals surface area contributed by atoms with E-state index in [2.05, 4.69) is 22.6 Å². The fourth-order valence-corrected chi connectivity index (χ4v) is 1.41. The molecule has 3 nitrogen and oxygen atoms in total. The summed E-state index contributed by atoms with van der Waals surface area (Å²) in [6.07, 6.45) is 5.00. The first-order valence-electron chi connectivity index (χ1n) is 4.79. The Balaban J connectivity index is 2.51. The molecule has 0 aliphatic carbocycles. The van der Waals surface area contributed by atoms with E-state index in [1.165, 1.54) is 0 Å². The highest BCUT2D eigenvalue weighted by molar-refractivity contribution is 5.68. The normalized spacial score (nSPS) is 9.44. The van der Waals surface area contributed by atoms with Crippen molar-refractivity contribution in [2.45, 2.75) is 0 Å². The van der Waals surface area contributed by atoms with Crippen molar-refractivity contribution < 1.29 is 0 Å². The van der Waals surface area contributed by atoms with Crippen LogP contribution in [0.4, 0.5) is 0 Å². The van der Waals surface area contributed by atoms with Gasteiger partial charge in [-0.3, -0.25) is 4.98 Å². The lowest BCUT2D eigenvalue weighted by atomic mass is 10.1. The highest BCUT2D eigenvalue weighted by Gasteiger charge is 2.04. The van der Waals surface area contributed by atoms with Gasteiger partial charge in [0.15, 0.2) is 0 Å². The molecule has 0 aromatic carbocycles. The Hall–Kier alpha value is -2.47. The van der Waals surface area contributed by atoms with Crippen LogP contribution in [0.5, 0.6) is 0 Å². The maximum atomic E-state index is 8.93. The van der Waals surface area contributed by atoms with Gasteiger partial charge >= 0.3 is 0 Å². The summed E-state index contributed by atoms with van der Waals surface area (Å²) in [5.41, 5.74) is 2.91. The Labute approximate surface area is 93.7 Å². The molecule has 0 aliphatic heterocycles. The smallest absolute Gasteiger partial charge is 0.148 e. The Kier molecular flexibility index (Phi) is 2.75. The van der Waals surface area contributed by atoms with E-state index in [0.29, 0.717) is 5.69 Å². The first-order valence-corrected chi connectivity index (χ1v) is 4.79. The third-order valence-corrected chi connectivity index (χ3v) is 2.22. The van der Waals surface area contributed by atoms with Crippen LogP contribution in [0.1, 0.15) is 11.4 Å². The molecule has 0 bridgehead atoms. The van der Waals surface area contributed by atoms with Crippen molar-refractivity contribution in [1.29, 1.82) is 5.26 Å². The standard InChI is InChI=1S/C13H9N3/c1-2-11-6-5-10(9-16-11)12-4-3-7-15-13(12)8-14/h2-7,9H,1H2. The van der Waals surface area contributed by atoms with Gasteiger partial charge in [-0.15, -0.1) is 0 Å². The first-order chi connectivity index (χ1) is 7.85. The minimum Gasteiger partial charge on any atom is -0.256 e. The summed E-state index contributed by atoms with van der Waals surface area (Å²) in [5.74, 6) is 0. The van der Waals surface area contributed by atoms with Crippen LogP contribution >= 0.6 is 0 Å². The molecule has 0 saturated heterocycles. The summed E-state index contributed by atoms with van der Waals surface area (Å²) in [6, 6.07) is 9.49. The lowest BCUT2D eigenvalue weighted by Crippen LogP contribution is -1.89. The van der Waals surface area contributed by atoms with Crippen molar-refractivity contribution in [3.63, 3.8) is 0 Å². The monoisotopic (exact) mass is 207 g/mol. The molecule has 0 spiro atoms. The zero-order chi connectivity index (χ0) is 11.4. The van der Waals surface area contributed by atoms with Crippen molar-refractivity contribution in [3.05, 3.63) is 54.6 Å². The lowest BCUT2D eigenvalue weighted by Gasteiger charge is -2.02. The number of nitrogens with zero attached hydrogens (tertiary/aromatic N) is 3. The molecule has 0 N–H and O–H groups in total. The van der Waals surface area contributed by atoms with Gasteiger partial charge < -0.3 is 0 Å². The third-order valence-electron chi connectivity index (χ3n) is 2.22. The van der Waals surface area contributed by atoms with E-state index in [1.54, 1.807) is 24.5 Å². The maximum Gasteiger partial charge on any atom is 0.148 e. The zero-order valence-corrected chi connectivity index (χ0v) is 8.59. The van der Waals surface area contributed by atoms with Gasteiger partial charge in [-0.25, -0.2) is 4.98 Å². The van der Waals surface area contributed by atoms with E-state index in [9.17, 15) is 0 Å². The molecule has 2 aromatic rings. The van der Waals surface area contributed by atoms with E-state index in [0.717, 1.165) is 16.8 Å². The Morgan fingerprint density at radius 2 is 2.12 bits per heavy atom. The van der Waals surface area contributed by atoms with Crippen LogP contribution in [-0.2, 0) is 0 Å². The minimum atomic E-state index is 0.413. The van der Waals surface area contributed by atoms with E-state index in [-0.39, 0.29) is 0 Å². The fourth-order valence-electron chi connectivity index (χ4n) is 1.41. The summed E-state index contributed by atoms with van der Waals surface area (Å²) in [4.78, 5) is 8.20. The van der Waals surface area contributed by atoms with E-state index < -0.39 is 0 Å². The molecule has 0 aliphatic rings. The number of pyridine rings is 2. The van der Waals surface area contributed by atoms with Crippen molar-refractivity contribution in [3.8, 4) is 17.2 Å². The van der Waals surface area contributed by atoms with Crippen molar-refractivity contribution >= 4 is 6.08 Å². The number of aromatic nitrogens is 2. The molecule has 0 amide bonds. The Morgan fingerprint density at radius 3 is 2.75 bits per heavy atom. The van der Waals surface area contributed by atoms with Gasteiger partial charge in [0.2, 0.25) is 0 Å². The fraction of sp³-hybridized carbons (Fsp3) is 0. The molecule has 3 heteroatoms. The molecule has 0 atom stereocenters. The molecule has 2 rings (SSSR count). The van der Waals surface area contributed by atoms with E-state index in [4.69, 9.17) is 5.26 Å². The average molecular weight is 207 g/mol. The van der Waals surface area contributed by atoms with Crippen LogP contribution < -0.4 is 0 Å². The summed E-state index contributed by atoms with van der Waals surface area (Å²) in [7, 11) is 0. The molecular weight excluding hydrogens is 198 g/mol. The molecule has 0 fully saturated rings. The summed E-state index contributed by atoms with van der Waals surface area (Å²) in [6.45, 7) is 3.64. The van der Waals surface area contributed by atoms with Crippen LogP contribution in [-0.4, -0.2) is 9.97 Å². The first kappa shape index (κ1) is 10.1. The molecule has 0 saturated carbocycles. The van der Waals surface area contributed by atoms with Crippen LogP contribution in [0.15, 0.2) is 43.2 Å². The molecule has 0 radical (unpaired) electrons. The highest BCUT2D eigenvalue weighted by Crippen LogP contribution is 2.20. The van der Waals surface area contributed by atoms with Crippen molar-refractivity contribution in [1.82, 2.24) is 9.97 Å². The van der Waals surface area contributed by atoms with Crippen LogP contribution in [0.3, 0.4) is 0 Å². The molecule has 2 aromatic heterocycles. The van der Waals surface area contributed by atoms with Gasteiger partial charge in [-0.1, -0.05) is 12.6 Å². The van der Waals surface area contributed by atoms with Gasteiger partial charge in [0.25, 0.3) is 0 Å². The van der Waals surface area contributed by atoms with E-state index in [1.807, 2.05) is 18.2 Å². The van der Waals surface area contributed by atoms with Crippen molar-refractivity contribution in [2.75, 3.05) is 0 Å². The van der Waals surface area contributed by atoms with Gasteiger partial charge in [0, 0.05) is 23.5 Å². The van der Waals surface area contributed by atoms with Crippen LogP contribution in [0, 0.1) is 11.3 Å². The largest absolute Gasteiger partial charge is 0.256 e. The van der Waals surface area contributed by atoms with Gasteiger partial charge in [-0.05, 0) is 24.3 Å². The second kappa shape index (κ2) is 4.37. The molecule has 2 heterocycles. The van der Waals surface area contributed by atoms with Gasteiger partial charge in [-0.2, -0.15) is 5.26 Å². The maximum absolute atomic E-state index is 8.93.